The zero-order valence-corrected chi connectivity index (χ0v) is 13.5. The molecule has 6 heteroatoms. The highest BCUT2D eigenvalue weighted by atomic mass is 35.5. The summed E-state index contributed by atoms with van der Waals surface area (Å²) in [5, 5.41) is 0.289. The molecule has 0 N–H and O–H groups in total. The Hall–Kier alpha value is -0.620. The van der Waals surface area contributed by atoms with Crippen LogP contribution in [0, 0.1) is 0 Å². The molecule has 1 heterocycles. The van der Waals surface area contributed by atoms with Gasteiger partial charge in [0.05, 0.1) is 5.02 Å². The van der Waals surface area contributed by atoms with E-state index in [0.29, 0.717) is 19.1 Å². The molecule has 1 fully saturated rings. The lowest BCUT2D eigenvalue weighted by molar-refractivity contribution is 0.142. The minimum atomic E-state index is -3.47. The molecule has 20 heavy (non-hydrogen) atoms. The van der Waals surface area contributed by atoms with Gasteiger partial charge in [0.25, 0.3) is 0 Å². The van der Waals surface area contributed by atoms with Crippen LogP contribution in [-0.4, -0.2) is 49.8 Å². The Morgan fingerprint density at radius 2 is 1.80 bits per heavy atom. The number of rotatable bonds is 4. The van der Waals surface area contributed by atoms with E-state index in [2.05, 4.69) is 18.7 Å². The van der Waals surface area contributed by atoms with Gasteiger partial charge in [-0.05, 0) is 25.5 Å². The molecule has 1 aliphatic rings. The Morgan fingerprint density at radius 3 is 2.35 bits per heavy atom. The van der Waals surface area contributed by atoms with Crippen LogP contribution in [0.25, 0.3) is 0 Å². The summed E-state index contributed by atoms with van der Waals surface area (Å²) in [6, 6.07) is 7.12. The number of halogens is 1. The molecule has 0 amide bonds. The Balaban J connectivity index is 2.12. The van der Waals surface area contributed by atoms with Gasteiger partial charge in [0, 0.05) is 32.2 Å². The van der Waals surface area contributed by atoms with E-state index in [-0.39, 0.29) is 9.92 Å². The van der Waals surface area contributed by atoms with E-state index in [1.165, 1.54) is 4.31 Å². The van der Waals surface area contributed by atoms with Gasteiger partial charge >= 0.3 is 0 Å². The summed E-state index contributed by atoms with van der Waals surface area (Å²) >= 11 is 6.01. The predicted octanol–water partition coefficient (Wildman–Crippen LogP) is 2.44. The van der Waals surface area contributed by atoms with Crippen molar-refractivity contribution >= 4 is 21.6 Å². The molecule has 0 saturated carbocycles. The second-order valence-corrected chi connectivity index (χ2v) is 7.44. The summed E-state index contributed by atoms with van der Waals surface area (Å²) in [4.78, 5) is 2.54. The fraction of sp³-hybridized carbons (Fsp3) is 0.571. The minimum Gasteiger partial charge on any atom is -0.298 e. The van der Waals surface area contributed by atoms with Gasteiger partial charge in [0.2, 0.25) is 10.0 Å². The maximum absolute atomic E-state index is 12.6. The number of benzene rings is 1. The topological polar surface area (TPSA) is 40.6 Å². The highest BCUT2D eigenvalue weighted by molar-refractivity contribution is 7.89. The summed E-state index contributed by atoms with van der Waals surface area (Å²) in [5.41, 5.74) is 0. The highest BCUT2D eigenvalue weighted by Crippen LogP contribution is 2.25. The van der Waals surface area contributed by atoms with E-state index in [1.54, 1.807) is 24.3 Å². The van der Waals surface area contributed by atoms with E-state index < -0.39 is 10.0 Å². The molecular weight excluding hydrogens is 296 g/mol. The van der Waals surface area contributed by atoms with Gasteiger partial charge in [-0.1, -0.05) is 30.7 Å². The average Bonchev–Trinajstić information content (AvgIpc) is 2.47. The molecule has 1 unspecified atom stereocenters. The molecule has 0 radical (unpaired) electrons. The lowest BCUT2D eigenvalue weighted by Crippen LogP contribution is -2.51. The van der Waals surface area contributed by atoms with E-state index >= 15 is 0 Å². The number of hydrogen-bond acceptors (Lipinski definition) is 3. The van der Waals surface area contributed by atoms with Crippen molar-refractivity contribution in [1.82, 2.24) is 9.21 Å². The van der Waals surface area contributed by atoms with Crippen molar-refractivity contribution in [1.29, 1.82) is 0 Å². The second-order valence-electron chi connectivity index (χ2n) is 5.13. The van der Waals surface area contributed by atoms with Gasteiger partial charge in [0.15, 0.2) is 0 Å². The fourth-order valence-electron chi connectivity index (χ4n) is 2.44. The quantitative estimate of drug-likeness (QED) is 0.856. The van der Waals surface area contributed by atoms with E-state index in [1.807, 2.05) is 0 Å². The van der Waals surface area contributed by atoms with Gasteiger partial charge in [-0.25, -0.2) is 8.42 Å². The summed E-state index contributed by atoms with van der Waals surface area (Å²) < 4.78 is 26.7. The Morgan fingerprint density at radius 1 is 1.20 bits per heavy atom. The van der Waals surface area contributed by atoms with E-state index in [4.69, 9.17) is 11.6 Å². The van der Waals surface area contributed by atoms with Crippen LogP contribution in [0.5, 0.6) is 0 Å². The first-order valence-electron chi connectivity index (χ1n) is 6.95. The third-order valence-electron chi connectivity index (χ3n) is 3.94. The third kappa shape index (κ3) is 3.17. The second kappa shape index (κ2) is 6.43. The zero-order valence-electron chi connectivity index (χ0n) is 11.9. The summed E-state index contributed by atoms with van der Waals surface area (Å²) in [6.45, 7) is 6.93. The number of sulfonamides is 1. The Kier molecular flexibility index (Phi) is 5.07. The Labute approximate surface area is 126 Å². The fourth-order valence-corrected chi connectivity index (χ4v) is 4.35. The van der Waals surface area contributed by atoms with Crippen LogP contribution in [0.1, 0.15) is 20.3 Å². The molecule has 0 bridgehead atoms. The van der Waals surface area contributed by atoms with Crippen LogP contribution in [0.3, 0.4) is 0 Å². The Bertz CT molecular complexity index is 554. The first-order chi connectivity index (χ1) is 9.46. The van der Waals surface area contributed by atoms with E-state index in [0.717, 1.165) is 19.5 Å². The van der Waals surface area contributed by atoms with Crippen molar-refractivity contribution in [3.05, 3.63) is 29.3 Å². The first kappa shape index (κ1) is 15.8. The van der Waals surface area contributed by atoms with Crippen LogP contribution in [0.4, 0.5) is 0 Å². The molecule has 2 rings (SSSR count). The van der Waals surface area contributed by atoms with Gasteiger partial charge in [0.1, 0.15) is 4.90 Å². The van der Waals surface area contributed by atoms with Crippen LogP contribution < -0.4 is 0 Å². The van der Waals surface area contributed by atoms with Gasteiger partial charge in [-0.2, -0.15) is 4.31 Å². The summed E-state index contributed by atoms with van der Waals surface area (Å²) in [7, 11) is -3.47. The van der Waals surface area contributed by atoms with Crippen LogP contribution >= 0.6 is 11.6 Å². The molecule has 0 aromatic heterocycles. The van der Waals surface area contributed by atoms with Crippen molar-refractivity contribution in [2.45, 2.75) is 31.2 Å². The van der Waals surface area contributed by atoms with Gasteiger partial charge < -0.3 is 0 Å². The smallest absolute Gasteiger partial charge is 0.244 e. The molecule has 1 saturated heterocycles. The van der Waals surface area contributed by atoms with Crippen molar-refractivity contribution in [2.24, 2.45) is 0 Å². The number of piperazine rings is 1. The molecule has 112 valence electrons. The maximum atomic E-state index is 12.6. The SMILES string of the molecule is CCC(C)N1CCN(S(=O)(=O)c2ccccc2Cl)CC1. The molecule has 0 aliphatic carbocycles. The van der Waals surface area contributed by atoms with Crippen molar-refractivity contribution in [2.75, 3.05) is 26.2 Å². The predicted molar refractivity (Wildman–Crippen MR) is 81.5 cm³/mol. The lowest BCUT2D eigenvalue weighted by Gasteiger charge is -2.37. The third-order valence-corrected chi connectivity index (χ3v) is 6.34. The molecule has 1 aliphatic heterocycles. The van der Waals surface area contributed by atoms with Gasteiger partial charge in [-0.3, -0.25) is 4.90 Å². The number of nitrogens with zero attached hydrogens (tertiary/aromatic N) is 2. The molecular formula is C14H21ClN2O2S. The zero-order chi connectivity index (χ0) is 14.8. The maximum Gasteiger partial charge on any atom is 0.244 e. The van der Waals surface area contributed by atoms with Gasteiger partial charge in [-0.15, -0.1) is 0 Å². The molecule has 0 spiro atoms. The van der Waals surface area contributed by atoms with Crippen molar-refractivity contribution < 1.29 is 8.42 Å². The highest BCUT2D eigenvalue weighted by Gasteiger charge is 2.30. The van der Waals surface area contributed by atoms with E-state index in [9.17, 15) is 8.42 Å². The molecule has 1 aromatic carbocycles. The van der Waals surface area contributed by atoms with Crippen LogP contribution in [0.2, 0.25) is 5.02 Å². The average molecular weight is 317 g/mol. The monoisotopic (exact) mass is 316 g/mol. The first-order valence-corrected chi connectivity index (χ1v) is 8.77. The normalized spacial score (nSPS) is 19.9. The standard InChI is InChI=1S/C14H21ClN2O2S/c1-3-12(2)16-8-10-17(11-9-16)20(18,19)14-7-5-4-6-13(14)15/h4-7,12H,3,8-11H2,1-2H3. The van der Waals surface area contributed by atoms with Crippen LogP contribution in [-0.2, 0) is 10.0 Å². The molecule has 1 atom stereocenters. The largest absolute Gasteiger partial charge is 0.298 e. The summed E-state index contributed by atoms with van der Waals surface area (Å²) in [6.07, 6.45) is 1.08. The minimum absolute atomic E-state index is 0.207. The lowest BCUT2D eigenvalue weighted by atomic mass is 10.2. The molecule has 1 aromatic rings. The van der Waals surface area contributed by atoms with Crippen molar-refractivity contribution in [3.8, 4) is 0 Å². The van der Waals surface area contributed by atoms with Crippen LogP contribution in [0.15, 0.2) is 29.2 Å². The summed E-state index contributed by atoms with van der Waals surface area (Å²) in [5.74, 6) is 0. The molecule has 4 nitrogen and oxygen atoms in total. The van der Waals surface area contributed by atoms with Crippen molar-refractivity contribution in [3.63, 3.8) is 0 Å². The number of hydrogen-bond donors (Lipinski definition) is 0.